The Morgan fingerprint density at radius 3 is 2.59 bits per heavy atom. The number of aryl methyl sites for hydroxylation is 1. The van der Waals surface area contributed by atoms with E-state index in [1.165, 1.54) is 13.0 Å². The second kappa shape index (κ2) is 4.41. The third-order valence-electron chi connectivity index (χ3n) is 3.00. The number of carbonyl (C=O) groups excluding carboxylic acids is 1. The summed E-state index contributed by atoms with van der Waals surface area (Å²) in [5.74, 6) is -2.00. The van der Waals surface area contributed by atoms with Crippen LogP contribution in [0.1, 0.15) is 28.8 Å². The number of benzene rings is 1. The summed E-state index contributed by atoms with van der Waals surface area (Å²) in [7, 11) is 0. The number of rotatable bonds is 2. The van der Waals surface area contributed by atoms with Crippen LogP contribution < -0.4 is 11.1 Å². The second-order valence-corrected chi connectivity index (χ2v) is 4.48. The molecule has 0 heterocycles. The van der Waals surface area contributed by atoms with Gasteiger partial charge in [0.2, 0.25) is 0 Å². The van der Waals surface area contributed by atoms with Gasteiger partial charge in [-0.05, 0) is 31.4 Å². The van der Waals surface area contributed by atoms with E-state index < -0.39 is 17.5 Å². The molecule has 1 aromatic carbocycles. The van der Waals surface area contributed by atoms with Crippen molar-refractivity contribution in [1.29, 1.82) is 0 Å². The predicted octanol–water partition coefficient (Wildman–Crippen LogP) is 1.49. The van der Waals surface area contributed by atoms with E-state index in [2.05, 4.69) is 5.32 Å². The largest absolute Gasteiger partial charge is 0.349 e. The Hall–Kier alpha value is -1.49. The van der Waals surface area contributed by atoms with Crippen molar-refractivity contribution in [2.75, 3.05) is 0 Å². The fourth-order valence-electron chi connectivity index (χ4n) is 1.87. The van der Waals surface area contributed by atoms with Crippen LogP contribution in [0.25, 0.3) is 0 Å². The molecule has 5 heteroatoms. The van der Waals surface area contributed by atoms with Crippen LogP contribution in [-0.2, 0) is 0 Å². The van der Waals surface area contributed by atoms with Crippen molar-refractivity contribution >= 4 is 5.91 Å². The molecule has 3 nitrogen and oxygen atoms in total. The fraction of sp³-hybridized carbons (Fsp3) is 0.417. The second-order valence-electron chi connectivity index (χ2n) is 4.48. The van der Waals surface area contributed by atoms with Gasteiger partial charge >= 0.3 is 0 Å². The Balaban J connectivity index is 2.11. The summed E-state index contributed by atoms with van der Waals surface area (Å²) in [4.78, 5) is 11.7. The highest BCUT2D eigenvalue weighted by atomic mass is 19.1. The molecule has 0 saturated heterocycles. The fourth-order valence-corrected chi connectivity index (χ4v) is 1.87. The molecule has 2 rings (SSSR count). The quantitative estimate of drug-likeness (QED) is 0.823. The van der Waals surface area contributed by atoms with E-state index in [0.29, 0.717) is 12.8 Å². The predicted molar refractivity (Wildman–Crippen MR) is 59.6 cm³/mol. The minimum atomic E-state index is -0.839. The molecule has 0 spiro atoms. The number of amides is 1. The highest BCUT2D eigenvalue weighted by Gasteiger charge is 2.28. The standard InChI is InChI=1S/C12H14F2N2O/c1-6-2-9(11(14)5-10(6)13)12(17)16-8-3-7(15)4-8/h2,5,7-8H,3-4,15H2,1H3,(H,16,17). The highest BCUT2D eigenvalue weighted by Crippen LogP contribution is 2.19. The maximum Gasteiger partial charge on any atom is 0.254 e. The van der Waals surface area contributed by atoms with Crippen LogP contribution in [0.4, 0.5) is 8.78 Å². The minimum absolute atomic E-state index is 0.00209. The van der Waals surface area contributed by atoms with Crippen molar-refractivity contribution < 1.29 is 13.6 Å². The summed E-state index contributed by atoms with van der Waals surface area (Å²) in [6.45, 7) is 1.49. The van der Waals surface area contributed by atoms with Gasteiger partial charge in [-0.25, -0.2) is 8.78 Å². The molecule has 17 heavy (non-hydrogen) atoms. The maximum absolute atomic E-state index is 13.4. The van der Waals surface area contributed by atoms with E-state index in [1.54, 1.807) is 0 Å². The van der Waals surface area contributed by atoms with E-state index in [-0.39, 0.29) is 23.2 Å². The van der Waals surface area contributed by atoms with Crippen molar-refractivity contribution in [2.24, 2.45) is 5.73 Å². The number of hydrogen-bond donors (Lipinski definition) is 2. The van der Waals surface area contributed by atoms with Crippen molar-refractivity contribution in [3.8, 4) is 0 Å². The molecule has 0 aromatic heterocycles. The number of nitrogens with two attached hydrogens (primary N) is 1. The number of hydrogen-bond acceptors (Lipinski definition) is 2. The van der Waals surface area contributed by atoms with Crippen molar-refractivity contribution in [2.45, 2.75) is 31.8 Å². The van der Waals surface area contributed by atoms with E-state index >= 15 is 0 Å². The molecule has 92 valence electrons. The monoisotopic (exact) mass is 240 g/mol. The molecule has 1 aromatic rings. The smallest absolute Gasteiger partial charge is 0.254 e. The topological polar surface area (TPSA) is 55.1 Å². The summed E-state index contributed by atoms with van der Waals surface area (Å²) in [5.41, 5.74) is 5.71. The zero-order valence-electron chi connectivity index (χ0n) is 9.47. The zero-order valence-corrected chi connectivity index (χ0v) is 9.47. The summed E-state index contributed by atoms with van der Waals surface area (Å²) >= 11 is 0. The molecule has 1 saturated carbocycles. The van der Waals surface area contributed by atoms with Gasteiger partial charge in [-0.15, -0.1) is 0 Å². The molecule has 1 aliphatic carbocycles. The first kappa shape index (κ1) is 12.0. The van der Waals surface area contributed by atoms with Crippen LogP contribution >= 0.6 is 0 Å². The molecule has 0 aliphatic heterocycles. The Morgan fingerprint density at radius 1 is 1.35 bits per heavy atom. The van der Waals surface area contributed by atoms with Crippen LogP contribution in [0.15, 0.2) is 12.1 Å². The van der Waals surface area contributed by atoms with Crippen LogP contribution in [0.2, 0.25) is 0 Å². The van der Waals surface area contributed by atoms with Gasteiger partial charge < -0.3 is 11.1 Å². The van der Waals surface area contributed by atoms with Gasteiger partial charge in [0.05, 0.1) is 5.56 Å². The first-order valence-corrected chi connectivity index (χ1v) is 5.49. The minimum Gasteiger partial charge on any atom is -0.349 e. The first-order valence-electron chi connectivity index (χ1n) is 5.49. The molecule has 0 radical (unpaired) electrons. The van der Waals surface area contributed by atoms with Gasteiger partial charge in [-0.2, -0.15) is 0 Å². The van der Waals surface area contributed by atoms with E-state index in [4.69, 9.17) is 5.73 Å². The molecule has 1 amide bonds. The normalized spacial score (nSPS) is 23.1. The lowest BCUT2D eigenvalue weighted by Gasteiger charge is -2.33. The average Bonchev–Trinajstić information content (AvgIpc) is 2.21. The summed E-state index contributed by atoms with van der Waals surface area (Å²) in [5, 5.41) is 2.67. The molecular formula is C12H14F2N2O. The Morgan fingerprint density at radius 2 is 2.00 bits per heavy atom. The molecule has 0 atom stereocenters. The van der Waals surface area contributed by atoms with Gasteiger partial charge in [-0.3, -0.25) is 4.79 Å². The summed E-state index contributed by atoms with van der Waals surface area (Å²) < 4.78 is 26.4. The van der Waals surface area contributed by atoms with Gasteiger partial charge in [-0.1, -0.05) is 0 Å². The molecule has 1 aliphatic rings. The first-order chi connectivity index (χ1) is 7.97. The third-order valence-corrected chi connectivity index (χ3v) is 3.00. The third kappa shape index (κ3) is 2.44. The zero-order chi connectivity index (χ0) is 12.6. The lowest BCUT2D eigenvalue weighted by Crippen LogP contribution is -2.50. The molecule has 0 unspecified atom stereocenters. The van der Waals surface area contributed by atoms with Gasteiger partial charge in [0.15, 0.2) is 0 Å². The maximum atomic E-state index is 13.4. The van der Waals surface area contributed by atoms with Crippen LogP contribution in [0, 0.1) is 18.6 Å². The Kier molecular flexibility index (Phi) is 3.11. The van der Waals surface area contributed by atoms with Crippen molar-refractivity contribution in [3.63, 3.8) is 0 Å². The van der Waals surface area contributed by atoms with Crippen molar-refractivity contribution in [3.05, 3.63) is 34.9 Å². The van der Waals surface area contributed by atoms with E-state index in [9.17, 15) is 13.6 Å². The van der Waals surface area contributed by atoms with Gasteiger partial charge in [0, 0.05) is 18.2 Å². The SMILES string of the molecule is Cc1cc(C(=O)NC2CC(N)C2)c(F)cc1F. The Labute approximate surface area is 98.0 Å². The summed E-state index contributed by atoms with van der Waals surface area (Å²) in [6, 6.07) is 2.07. The van der Waals surface area contributed by atoms with E-state index in [0.717, 1.165) is 6.07 Å². The molecule has 0 bridgehead atoms. The molecule has 3 N–H and O–H groups in total. The van der Waals surface area contributed by atoms with E-state index in [1.807, 2.05) is 0 Å². The van der Waals surface area contributed by atoms with Crippen LogP contribution in [0.5, 0.6) is 0 Å². The average molecular weight is 240 g/mol. The number of nitrogens with one attached hydrogen (secondary N) is 1. The number of halogens is 2. The Bertz CT molecular complexity index is 456. The lowest BCUT2D eigenvalue weighted by molar-refractivity contribution is 0.0906. The van der Waals surface area contributed by atoms with Gasteiger partial charge in [0.25, 0.3) is 5.91 Å². The molecule has 1 fully saturated rings. The van der Waals surface area contributed by atoms with Gasteiger partial charge in [0.1, 0.15) is 11.6 Å². The number of carbonyl (C=O) groups is 1. The van der Waals surface area contributed by atoms with Crippen LogP contribution in [0.3, 0.4) is 0 Å². The molecular weight excluding hydrogens is 226 g/mol. The lowest BCUT2D eigenvalue weighted by atomic mass is 9.87. The highest BCUT2D eigenvalue weighted by molar-refractivity contribution is 5.94. The van der Waals surface area contributed by atoms with Crippen molar-refractivity contribution in [1.82, 2.24) is 5.32 Å². The van der Waals surface area contributed by atoms with Crippen LogP contribution in [-0.4, -0.2) is 18.0 Å². The summed E-state index contributed by atoms with van der Waals surface area (Å²) in [6.07, 6.45) is 1.40.